The molecule has 4 heteroatoms. The van der Waals surface area contributed by atoms with Crippen LogP contribution in [0.1, 0.15) is 23.7 Å². The highest BCUT2D eigenvalue weighted by atomic mass is 79.9. The second kappa shape index (κ2) is 5.19. The van der Waals surface area contributed by atoms with Gasteiger partial charge < -0.3 is 9.64 Å². The number of ether oxygens (including phenoxy) is 1. The number of benzene rings is 1. The molecule has 2 unspecified atom stereocenters. The van der Waals surface area contributed by atoms with E-state index < -0.39 is 0 Å². The van der Waals surface area contributed by atoms with Gasteiger partial charge in [-0.25, -0.2) is 0 Å². The Kier molecular flexibility index (Phi) is 3.84. The van der Waals surface area contributed by atoms with Crippen LogP contribution in [0, 0.1) is 0 Å². The quantitative estimate of drug-likeness (QED) is 0.804. The molecule has 92 valence electrons. The van der Waals surface area contributed by atoms with E-state index in [4.69, 9.17) is 4.74 Å². The number of hydrogen-bond acceptors (Lipinski definition) is 3. The first-order chi connectivity index (χ1) is 8.13. The van der Waals surface area contributed by atoms with E-state index in [1.165, 1.54) is 0 Å². The topological polar surface area (TPSA) is 29.5 Å². The summed E-state index contributed by atoms with van der Waals surface area (Å²) >= 11 is 3.51. The van der Waals surface area contributed by atoms with Gasteiger partial charge in [-0.1, -0.05) is 0 Å². The molecule has 0 spiro atoms. The zero-order valence-electron chi connectivity index (χ0n) is 10.0. The monoisotopic (exact) mass is 297 g/mol. The van der Waals surface area contributed by atoms with Crippen LogP contribution in [0.4, 0.5) is 5.69 Å². The van der Waals surface area contributed by atoms with E-state index in [9.17, 15) is 4.79 Å². The van der Waals surface area contributed by atoms with Gasteiger partial charge in [0, 0.05) is 23.7 Å². The number of aldehydes is 1. The second-order valence-corrected chi connectivity index (χ2v) is 5.23. The maximum Gasteiger partial charge on any atom is 0.150 e. The number of carbonyl (C=O) groups is 1. The summed E-state index contributed by atoms with van der Waals surface area (Å²) in [6.45, 7) is 2.92. The summed E-state index contributed by atoms with van der Waals surface area (Å²) in [7, 11) is 2.07. The molecular weight excluding hydrogens is 282 g/mol. The van der Waals surface area contributed by atoms with Crippen LogP contribution in [0.25, 0.3) is 0 Å². The Balaban J connectivity index is 2.24. The Morgan fingerprint density at radius 1 is 1.53 bits per heavy atom. The van der Waals surface area contributed by atoms with Crippen LogP contribution < -0.4 is 4.90 Å². The minimum absolute atomic E-state index is 0.248. The second-order valence-electron chi connectivity index (χ2n) is 4.37. The first-order valence-corrected chi connectivity index (χ1v) is 6.52. The van der Waals surface area contributed by atoms with Gasteiger partial charge in [0.25, 0.3) is 0 Å². The fourth-order valence-corrected chi connectivity index (χ4v) is 2.97. The van der Waals surface area contributed by atoms with Crippen LogP contribution in [0.15, 0.2) is 22.7 Å². The summed E-state index contributed by atoms with van der Waals surface area (Å²) in [5, 5.41) is 0. The minimum Gasteiger partial charge on any atom is -0.376 e. The molecule has 0 radical (unpaired) electrons. The fourth-order valence-electron chi connectivity index (χ4n) is 2.29. The molecule has 0 saturated carbocycles. The Hall–Kier alpha value is -0.870. The predicted octanol–water partition coefficient (Wildman–Crippen LogP) is 2.88. The molecule has 2 atom stereocenters. The number of carbonyl (C=O) groups excluding carboxylic acids is 1. The molecule has 1 saturated heterocycles. The zero-order valence-corrected chi connectivity index (χ0v) is 11.6. The predicted molar refractivity (Wildman–Crippen MR) is 71.8 cm³/mol. The third-order valence-electron chi connectivity index (χ3n) is 3.32. The Labute approximate surface area is 110 Å². The molecule has 17 heavy (non-hydrogen) atoms. The largest absolute Gasteiger partial charge is 0.376 e. The van der Waals surface area contributed by atoms with E-state index in [-0.39, 0.29) is 6.10 Å². The summed E-state index contributed by atoms with van der Waals surface area (Å²) in [6.07, 6.45) is 2.15. The molecule has 1 fully saturated rings. The number of anilines is 1. The lowest BCUT2D eigenvalue weighted by Crippen LogP contribution is -2.36. The van der Waals surface area contributed by atoms with Crippen molar-refractivity contribution in [1.82, 2.24) is 0 Å². The molecule has 1 heterocycles. The van der Waals surface area contributed by atoms with Gasteiger partial charge in [0.15, 0.2) is 0 Å². The van der Waals surface area contributed by atoms with Gasteiger partial charge in [-0.2, -0.15) is 0 Å². The van der Waals surface area contributed by atoms with Crippen molar-refractivity contribution in [3.63, 3.8) is 0 Å². The third-order valence-corrected chi connectivity index (χ3v) is 3.96. The first kappa shape index (κ1) is 12.6. The lowest BCUT2D eigenvalue weighted by molar-refractivity contribution is 0.112. The van der Waals surface area contributed by atoms with Crippen molar-refractivity contribution < 1.29 is 9.53 Å². The van der Waals surface area contributed by atoms with Gasteiger partial charge in [-0.05, 0) is 47.5 Å². The summed E-state index contributed by atoms with van der Waals surface area (Å²) < 4.78 is 6.53. The molecule has 0 N–H and O–H groups in total. The zero-order chi connectivity index (χ0) is 12.4. The summed E-state index contributed by atoms with van der Waals surface area (Å²) in [5.74, 6) is 0. The lowest BCUT2D eigenvalue weighted by Gasteiger charge is -2.29. The number of likely N-dealkylation sites (N-methyl/N-ethyl adjacent to an activating group) is 1. The maximum absolute atomic E-state index is 10.7. The van der Waals surface area contributed by atoms with Gasteiger partial charge in [0.2, 0.25) is 0 Å². The van der Waals surface area contributed by atoms with Crippen LogP contribution in [-0.4, -0.2) is 32.1 Å². The molecule has 2 rings (SSSR count). The molecule has 0 aromatic heterocycles. The number of hydrogen-bond donors (Lipinski definition) is 0. The third kappa shape index (κ3) is 2.53. The van der Waals surface area contributed by atoms with E-state index in [0.717, 1.165) is 29.5 Å². The van der Waals surface area contributed by atoms with Crippen LogP contribution in [0.3, 0.4) is 0 Å². The van der Waals surface area contributed by atoms with Crippen LogP contribution >= 0.6 is 15.9 Å². The van der Waals surface area contributed by atoms with Crippen molar-refractivity contribution in [1.29, 1.82) is 0 Å². The smallest absolute Gasteiger partial charge is 0.150 e. The average Bonchev–Trinajstić information content (AvgIpc) is 2.74. The Bertz CT molecular complexity index is 422. The molecule has 3 nitrogen and oxygen atoms in total. The van der Waals surface area contributed by atoms with Gasteiger partial charge >= 0.3 is 0 Å². The van der Waals surface area contributed by atoms with Crippen LogP contribution in [0.5, 0.6) is 0 Å². The molecule has 1 aromatic carbocycles. The van der Waals surface area contributed by atoms with E-state index in [1.807, 2.05) is 18.2 Å². The van der Waals surface area contributed by atoms with Crippen molar-refractivity contribution in [2.24, 2.45) is 0 Å². The molecule has 1 aliphatic rings. The maximum atomic E-state index is 10.7. The van der Waals surface area contributed by atoms with Crippen molar-refractivity contribution in [3.05, 3.63) is 28.2 Å². The van der Waals surface area contributed by atoms with Crippen molar-refractivity contribution in [2.45, 2.75) is 25.5 Å². The SMILES string of the molecule is CC1OCCC1N(C)c1ccc(C=O)cc1Br. The molecule has 1 aliphatic heterocycles. The summed E-state index contributed by atoms with van der Waals surface area (Å²) in [4.78, 5) is 12.9. The highest BCUT2D eigenvalue weighted by Crippen LogP contribution is 2.31. The molecule has 0 amide bonds. The Morgan fingerprint density at radius 3 is 2.82 bits per heavy atom. The molecule has 0 bridgehead atoms. The van der Waals surface area contributed by atoms with Crippen molar-refractivity contribution in [3.8, 4) is 0 Å². The van der Waals surface area contributed by atoms with E-state index >= 15 is 0 Å². The van der Waals surface area contributed by atoms with Gasteiger partial charge in [-0.15, -0.1) is 0 Å². The van der Waals surface area contributed by atoms with E-state index in [1.54, 1.807) is 0 Å². The molecular formula is C13H16BrNO2. The highest BCUT2D eigenvalue weighted by Gasteiger charge is 2.28. The summed E-state index contributed by atoms with van der Waals surface area (Å²) in [6, 6.07) is 6.05. The van der Waals surface area contributed by atoms with Gasteiger partial charge in [0.05, 0.1) is 17.8 Å². The average molecular weight is 298 g/mol. The number of nitrogens with zero attached hydrogens (tertiary/aromatic N) is 1. The standard InChI is InChI=1S/C13H16BrNO2/c1-9-12(5-6-17-9)15(2)13-4-3-10(8-16)7-11(13)14/h3-4,7-9,12H,5-6H2,1-2H3. The fraction of sp³-hybridized carbons (Fsp3) is 0.462. The molecule has 0 aliphatic carbocycles. The van der Waals surface area contributed by atoms with E-state index in [2.05, 4.69) is 34.8 Å². The summed E-state index contributed by atoms with van der Waals surface area (Å²) in [5.41, 5.74) is 1.78. The van der Waals surface area contributed by atoms with Crippen LogP contribution in [-0.2, 0) is 4.74 Å². The van der Waals surface area contributed by atoms with Gasteiger partial charge in [0.1, 0.15) is 6.29 Å². The number of rotatable bonds is 3. The van der Waals surface area contributed by atoms with E-state index in [0.29, 0.717) is 11.6 Å². The first-order valence-electron chi connectivity index (χ1n) is 5.72. The minimum atomic E-state index is 0.248. The van der Waals surface area contributed by atoms with Gasteiger partial charge in [-0.3, -0.25) is 4.79 Å². The Morgan fingerprint density at radius 2 is 2.29 bits per heavy atom. The molecule has 1 aromatic rings. The van der Waals surface area contributed by atoms with Crippen molar-refractivity contribution >= 4 is 27.9 Å². The number of halogens is 1. The normalized spacial score (nSPS) is 23.7. The highest BCUT2D eigenvalue weighted by molar-refractivity contribution is 9.10. The van der Waals surface area contributed by atoms with Crippen LogP contribution in [0.2, 0.25) is 0 Å². The lowest BCUT2D eigenvalue weighted by atomic mass is 10.1. The van der Waals surface area contributed by atoms with Crippen molar-refractivity contribution in [2.75, 3.05) is 18.6 Å².